The van der Waals surface area contributed by atoms with Crippen LogP contribution < -0.4 is 9.64 Å². The van der Waals surface area contributed by atoms with Crippen molar-refractivity contribution < 1.29 is 19.1 Å². The molecule has 0 spiro atoms. The highest BCUT2D eigenvalue weighted by Crippen LogP contribution is 2.56. The van der Waals surface area contributed by atoms with Crippen molar-refractivity contribution in [3.8, 4) is 5.75 Å². The summed E-state index contributed by atoms with van der Waals surface area (Å²) in [6.07, 6.45) is 3.13. The van der Waals surface area contributed by atoms with Gasteiger partial charge in [-0.15, -0.1) is 0 Å². The number of fused-ring (bicyclic) bond motifs is 5. The van der Waals surface area contributed by atoms with Crippen molar-refractivity contribution in [3.05, 3.63) is 58.6 Å². The Kier molecular flexibility index (Phi) is 4.12. The molecule has 2 aromatic rings. The number of nitrogens with zero attached hydrogens (tertiary/aromatic N) is 1. The maximum absolute atomic E-state index is 12.9. The van der Waals surface area contributed by atoms with Crippen LogP contribution >= 0.6 is 15.9 Å². The third kappa shape index (κ3) is 2.70. The first-order valence-corrected chi connectivity index (χ1v) is 10.3. The molecule has 2 saturated carbocycles. The van der Waals surface area contributed by atoms with Gasteiger partial charge in [0.25, 0.3) is 0 Å². The summed E-state index contributed by atoms with van der Waals surface area (Å²) in [4.78, 5) is 39.4. The van der Waals surface area contributed by atoms with Crippen LogP contribution in [-0.4, -0.2) is 17.8 Å². The quantitative estimate of drug-likeness (QED) is 0.408. The number of rotatable bonds is 3. The van der Waals surface area contributed by atoms with Gasteiger partial charge in [-0.2, -0.15) is 0 Å². The van der Waals surface area contributed by atoms with E-state index in [0.717, 1.165) is 23.7 Å². The van der Waals surface area contributed by atoms with Crippen molar-refractivity contribution in [1.82, 2.24) is 0 Å². The number of imide groups is 1. The Balaban J connectivity index is 1.34. The van der Waals surface area contributed by atoms with Gasteiger partial charge < -0.3 is 4.74 Å². The van der Waals surface area contributed by atoms with Gasteiger partial charge in [0.2, 0.25) is 11.8 Å². The lowest BCUT2D eigenvalue weighted by molar-refractivity contribution is -0.123. The Morgan fingerprint density at radius 3 is 2.04 bits per heavy atom. The molecular weight excluding hydrogens is 422 g/mol. The fourth-order valence-corrected chi connectivity index (χ4v) is 5.34. The summed E-state index contributed by atoms with van der Waals surface area (Å²) in [5.74, 6) is 0.239. The fraction of sp³-hybridized carbons (Fsp3) is 0.318. The van der Waals surface area contributed by atoms with Crippen LogP contribution in [-0.2, 0) is 9.59 Å². The first-order valence-electron chi connectivity index (χ1n) is 9.48. The standard InChI is InChI=1S/C22H18BrNO4/c23-15-5-9-17(10-6-15)28-22(27)12-3-7-16(8-4-12)24-20(25)18-13-1-2-14(11-13)19(18)21(24)26/h3-10,13-14,18-19H,1-2,11H2/t13-,14+,18-,19-/m0/s1. The number of anilines is 1. The molecule has 5 rings (SSSR count). The molecule has 1 aliphatic heterocycles. The minimum Gasteiger partial charge on any atom is -0.423 e. The summed E-state index contributed by atoms with van der Waals surface area (Å²) in [5, 5.41) is 0. The number of ether oxygens (including phenoxy) is 1. The number of esters is 1. The lowest BCUT2D eigenvalue weighted by atomic mass is 9.81. The second-order valence-corrected chi connectivity index (χ2v) is 8.70. The van der Waals surface area contributed by atoms with Crippen LogP contribution in [0.25, 0.3) is 0 Å². The van der Waals surface area contributed by atoms with Gasteiger partial charge in [-0.25, -0.2) is 4.79 Å². The molecule has 2 amide bonds. The van der Waals surface area contributed by atoms with E-state index in [1.54, 1.807) is 48.5 Å². The molecule has 0 aromatic heterocycles. The van der Waals surface area contributed by atoms with E-state index >= 15 is 0 Å². The summed E-state index contributed by atoms with van der Waals surface area (Å²) in [5.41, 5.74) is 0.898. The van der Waals surface area contributed by atoms with Crippen molar-refractivity contribution >= 4 is 39.4 Å². The predicted molar refractivity (Wildman–Crippen MR) is 106 cm³/mol. The summed E-state index contributed by atoms with van der Waals surface area (Å²) in [7, 11) is 0. The molecule has 0 N–H and O–H groups in total. The molecule has 2 aliphatic carbocycles. The third-order valence-corrected chi connectivity index (χ3v) is 6.84. The molecule has 1 heterocycles. The van der Waals surface area contributed by atoms with Gasteiger partial charge >= 0.3 is 5.97 Å². The zero-order valence-electron chi connectivity index (χ0n) is 15.0. The molecule has 0 unspecified atom stereocenters. The van der Waals surface area contributed by atoms with Crippen molar-refractivity contribution in [2.24, 2.45) is 23.7 Å². The molecule has 1 saturated heterocycles. The smallest absolute Gasteiger partial charge is 0.343 e. The van der Waals surface area contributed by atoms with Gasteiger partial charge in [-0.3, -0.25) is 14.5 Å². The minimum absolute atomic E-state index is 0.0765. The molecule has 142 valence electrons. The van der Waals surface area contributed by atoms with E-state index in [2.05, 4.69) is 15.9 Å². The highest BCUT2D eigenvalue weighted by molar-refractivity contribution is 9.10. The zero-order chi connectivity index (χ0) is 19.4. The first-order chi connectivity index (χ1) is 13.5. The Hall–Kier alpha value is -2.47. The minimum atomic E-state index is -0.483. The lowest BCUT2D eigenvalue weighted by Gasteiger charge is -2.19. The second kappa shape index (κ2) is 6.55. The van der Waals surface area contributed by atoms with Crippen LogP contribution in [0.15, 0.2) is 53.0 Å². The van der Waals surface area contributed by atoms with Crippen molar-refractivity contribution in [3.63, 3.8) is 0 Å². The molecular formula is C22H18BrNO4. The monoisotopic (exact) mass is 439 g/mol. The van der Waals surface area contributed by atoms with E-state index in [4.69, 9.17) is 4.74 Å². The number of carbonyl (C=O) groups is 3. The number of amides is 2. The number of benzene rings is 2. The Morgan fingerprint density at radius 1 is 0.893 bits per heavy atom. The SMILES string of the molecule is O=C(Oc1ccc(Br)cc1)c1ccc(N2C(=O)[C@H]3[C@@H]4CC[C@@H](C4)[C@@H]3C2=O)cc1. The lowest BCUT2D eigenvalue weighted by Crippen LogP contribution is -2.32. The van der Waals surface area contributed by atoms with Gasteiger partial charge in [0.1, 0.15) is 5.75 Å². The summed E-state index contributed by atoms with van der Waals surface area (Å²) in [6, 6.07) is 13.5. The van der Waals surface area contributed by atoms with Crippen molar-refractivity contribution in [1.29, 1.82) is 0 Å². The highest BCUT2D eigenvalue weighted by atomic mass is 79.9. The molecule has 4 atom stereocenters. The topological polar surface area (TPSA) is 63.7 Å². The molecule has 3 aliphatic rings. The largest absolute Gasteiger partial charge is 0.423 e. The highest BCUT2D eigenvalue weighted by Gasteiger charge is 2.61. The van der Waals surface area contributed by atoms with E-state index in [-0.39, 0.29) is 23.7 Å². The second-order valence-electron chi connectivity index (χ2n) is 7.79. The maximum atomic E-state index is 12.9. The maximum Gasteiger partial charge on any atom is 0.343 e. The number of halogens is 1. The van der Waals surface area contributed by atoms with Crippen molar-refractivity contribution in [2.75, 3.05) is 4.90 Å². The summed E-state index contributed by atoms with van der Waals surface area (Å²) >= 11 is 3.34. The molecule has 0 radical (unpaired) electrons. The fourth-order valence-electron chi connectivity index (χ4n) is 5.08. The van der Waals surface area contributed by atoms with Crippen LogP contribution in [0.3, 0.4) is 0 Å². The molecule has 6 heteroatoms. The molecule has 5 nitrogen and oxygen atoms in total. The van der Waals surface area contributed by atoms with Gasteiger partial charge in [0.15, 0.2) is 0 Å². The molecule has 2 aromatic carbocycles. The van der Waals surface area contributed by atoms with Crippen LogP contribution in [0.5, 0.6) is 5.75 Å². The van der Waals surface area contributed by atoms with E-state index in [9.17, 15) is 14.4 Å². The number of carbonyl (C=O) groups excluding carboxylic acids is 3. The van der Waals surface area contributed by atoms with Gasteiger partial charge in [-0.1, -0.05) is 15.9 Å². The predicted octanol–water partition coefficient (Wildman–Crippen LogP) is 4.20. The Labute approximate surface area is 170 Å². The van der Waals surface area contributed by atoms with Crippen LogP contribution in [0.4, 0.5) is 5.69 Å². The summed E-state index contributed by atoms with van der Waals surface area (Å²) in [6.45, 7) is 0. The normalized spacial score (nSPS) is 28.0. The van der Waals surface area contributed by atoms with Gasteiger partial charge in [0.05, 0.1) is 23.1 Å². The van der Waals surface area contributed by atoms with E-state index in [1.165, 1.54) is 4.90 Å². The average molecular weight is 440 g/mol. The van der Waals surface area contributed by atoms with Crippen LogP contribution in [0.1, 0.15) is 29.6 Å². The molecule has 28 heavy (non-hydrogen) atoms. The average Bonchev–Trinajstić information content (AvgIpc) is 3.38. The van der Waals surface area contributed by atoms with Crippen LogP contribution in [0, 0.1) is 23.7 Å². The number of hydrogen-bond acceptors (Lipinski definition) is 4. The zero-order valence-corrected chi connectivity index (χ0v) is 16.6. The molecule has 2 bridgehead atoms. The molecule has 3 fully saturated rings. The van der Waals surface area contributed by atoms with Crippen molar-refractivity contribution in [2.45, 2.75) is 19.3 Å². The summed E-state index contributed by atoms with van der Waals surface area (Å²) < 4.78 is 6.25. The van der Waals surface area contributed by atoms with Gasteiger partial charge in [-0.05, 0) is 79.6 Å². The van der Waals surface area contributed by atoms with E-state index in [1.807, 2.05) is 0 Å². The Morgan fingerprint density at radius 2 is 1.46 bits per heavy atom. The number of hydrogen-bond donors (Lipinski definition) is 0. The van der Waals surface area contributed by atoms with Crippen LogP contribution in [0.2, 0.25) is 0 Å². The third-order valence-electron chi connectivity index (χ3n) is 6.31. The van der Waals surface area contributed by atoms with E-state index < -0.39 is 5.97 Å². The van der Waals surface area contributed by atoms with E-state index in [0.29, 0.717) is 28.8 Å². The Bertz CT molecular complexity index is 941. The van der Waals surface area contributed by atoms with Gasteiger partial charge in [0, 0.05) is 4.47 Å². The first kappa shape index (κ1) is 17.6.